The smallest absolute Gasteiger partial charge is 0.335 e. The monoisotopic (exact) mass is 520 g/mol. The van der Waals surface area contributed by atoms with Gasteiger partial charge in [0.2, 0.25) is 5.91 Å². The number of carbonyl (C=O) groups is 3. The lowest BCUT2D eigenvalue weighted by molar-refractivity contribution is -0.119. The summed E-state index contributed by atoms with van der Waals surface area (Å²) in [6, 6.07) is 20.1. The average Bonchev–Trinajstić information content (AvgIpc) is 3.67. The van der Waals surface area contributed by atoms with Crippen molar-refractivity contribution in [3.63, 3.8) is 0 Å². The van der Waals surface area contributed by atoms with Crippen molar-refractivity contribution < 1.29 is 19.5 Å². The molecule has 10 heteroatoms. The minimum atomic E-state index is -1.05. The van der Waals surface area contributed by atoms with Crippen molar-refractivity contribution in [2.45, 2.75) is 13.0 Å². The van der Waals surface area contributed by atoms with Crippen molar-refractivity contribution in [2.24, 2.45) is 0 Å². The number of aromatic carboxylic acids is 1. The first kappa shape index (κ1) is 24.1. The summed E-state index contributed by atoms with van der Waals surface area (Å²) >= 11 is 0. The molecule has 0 fully saturated rings. The number of carbonyl (C=O) groups excluding carboxylic acids is 2. The van der Waals surface area contributed by atoms with Crippen LogP contribution in [0.3, 0.4) is 0 Å². The molecule has 0 unspecified atom stereocenters. The van der Waals surface area contributed by atoms with E-state index in [-0.39, 0.29) is 23.9 Å². The van der Waals surface area contributed by atoms with Gasteiger partial charge in [-0.15, -0.1) is 0 Å². The second kappa shape index (κ2) is 9.56. The fourth-order valence-electron chi connectivity index (χ4n) is 5.09. The molecule has 1 aromatic heterocycles. The molecular formula is C29H24N6O4. The van der Waals surface area contributed by atoms with Crippen LogP contribution in [0.25, 0.3) is 11.3 Å². The van der Waals surface area contributed by atoms with E-state index in [1.54, 1.807) is 18.0 Å². The number of likely N-dealkylation sites (N-methyl/N-ethyl adjacent to an activating group) is 1. The molecule has 39 heavy (non-hydrogen) atoms. The average molecular weight is 521 g/mol. The zero-order valence-electron chi connectivity index (χ0n) is 21.0. The molecule has 3 heterocycles. The predicted molar refractivity (Wildman–Crippen MR) is 146 cm³/mol. The number of amides is 2. The molecule has 6 rings (SSSR count). The lowest BCUT2D eigenvalue weighted by Crippen LogP contribution is -2.32. The van der Waals surface area contributed by atoms with Crippen molar-refractivity contribution in [3.8, 4) is 0 Å². The Balaban J connectivity index is 1.37. The summed E-state index contributed by atoms with van der Waals surface area (Å²) < 4.78 is 1.50. The Hall–Kier alpha value is -5.25. The van der Waals surface area contributed by atoms with Crippen molar-refractivity contribution in [1.82, 2.24) is 14.8 Å². The summed E-state index contributed by atoms with van der Waals surface area (Å²) in [4.78, 5) is 45.1. The number of hydrogen-bond acceptors (Lipinski definition) is 6. The normalized spacial score (nSPS) is 15.3. The van der Waals surface area contributed by atoms with Gasteiger partial charge in [0.05, 0.1) is 22.5 Å². The Morgan fingerprint density at radius 2 is 1.82 bits per heavy atom. The van der Waals surface area contributed by atoms with Gasteiger partial charge in [-0.1, -0.05) is 36.4 Å². The number of carboxylic acid groups (broad SMARTS) is 1. The van der Waals surface area contributed by atoms with E-state index in [2.05, 4.69) is 15.4 Å². The summed E-state index contributed by atoms with van der Waals surface area (Å²) in [7, 11) is 1.64. The van der Waals surface area contributed by atoms with Gasteiger partial charge in [0.1, 0.15) is 19.2 Å². The molecule has 2 aliphatic rings. The Morgan fingerprint density at radius 1 is 1.00 bits per heavy atom. The molecule has 3 aromatic carbocycles. The van der Waals surface area contributed by atoms with Crippen LogP contribution < -0.4 is 15.1 Å². The van der Waals surface area contributed by atoms with Gasteiger partial charge in [-0.05, 0) is 47.9 Å². The summed E-state index contributed by atoms with van der Waals surface area (Å²) in [6.07, 6.45) is 3.62. The number of hydrogen-bond donors (Lipinski definition) is 2. The van der Waals surface area contributed by atoms with Crippen LogP contribution >= 0.6 is 0 Å². The Bertz CT molecular complexity index is 1650. The fourth-order valence-corrected chi connectivity index (χ4v) is 5.09. The van der Waals surface area contributed by atoms with Crippen molar-refractivity contribution >= 4 is 46.1 Å². The maximum atomic E-state index is 13.5. The molecule has 2 amide bonds. The highest BCUT2D eigenvalue weighted by Crippen LogP contribution is 2.41. The topological polar surface area (TPSA) is 121 Å². The third-order valence-corrected chi connectivity index (χ3v) is 7.02. The molecule has 10 nitrogen and oxygen atoms in total. The number of aromatic nitrogens is 3. The Kier molecular flexibility index (Phi) is 5.91. The van der Waals surface area contributed by atoms with Crippen LogP contribution in [0.2, 0.25) is 0 Å². The lowest BCUT2D eigenvalue weighted by atomic mass is 9.99. The van der Waals surface area contributed by atoms with Gasteiger partial charge in [0.15, 0.2) is 0 Å². The molecule has 0 bridgehead atoms. The molecular weight excluding hydrogens is 496 g/mol. The zero-order chi connectivity index (χ0) is 27.1. The Morgan fingerprint density at radius 3 is 2.56 bits per heavy atom. The molecule has 0 spiro atoms. The Labute approximate surface area is 223 Å². The van der Waals surface area contributed by atoms with Crippen LogP contribution in [0.4, 0.5) is 17.1 Å². The van der Waals surface area contributed by atoms with Gasteiger partial charge in [-0.25, -0.2) is 14.5 Å². The van der Waals surface area contributed by atoms with Crippen molar-refractivity contribution in [1.29, 1.82) is 0 Å². The van der Waals surface area contributed by atoms with Crippen LogP contribution in [0.15, 0.2) is 79.4 Å². The molecule has 0 atom stereocenters. The second-order valence-corrected chi connectivity index (χ2v) is 9.37. The first-order valence-electron chi connectivity index (χ1n) is 12.4. The fraction of sp³-hybridized carbons (Fsp3) is 0.138. The molecule has 4 aromatic rings. The van der Waals surface area contributed by atoms with Crippen LogP contribution in [0.5, 0.6) is 0 Å². The van der Waals surface area contributed by atoms with Crippen LogP contribution in [-0.2, 0) is 22.6 Å². The summed E-state index contributed by atoms with van der Waals surface area (Å²) in [6.45, 7) is 0.684. The van der Waals surface area contributed by atoms with Crippen LogP contribution in [0, 0.1) is 0 Å². The maximum absolute atomic E-state index is 13.5. The largest absolute Gasteiger partial charge is 0.478 e. The van der Waals surface area contributed by atoms with Crippen LogP contribution in [0.1, 0.15) is 27.0 Å². The van der Waals surface area contributed by atoms with E-state index in [0.717, 1.165) is 22.5 Å². The van der Waals surface area contributed by atoms with Gasteiger partial charge in [0, 0.05) is 30.5 Å². The SMILES string of the molecule is CN1C(=O)C(=C(Nc2ccc3c(c2)CCN3C(=O)Cn2cncn2)c2ccccc2)c2ccc(C(=O)O)cc21. The summed E-state index contributed by atoms with van der Waals surface area (Å²) in [5.41, 5.74) is 5.85. The molecule has 0 radical (unpaired) electrons. The van der Waals surface area contributed by atoms with Crippen molar-refractivity contribution in [3.05, 3.63) is 102 Å². The molecule has 0 saturated carbocycles. The predicted octanol–water partition coefficient (Wildman–Crippen LogP) is 3.52. The number of fused-ring (bicyclic) bond motifs is 2. The second-order valence-electron chi connectivity index (χ2n) is 9.37. The molecule has 0 saturated heterocycles. The lowest BCUT2D eigenvalue weighted by Gasteiger charge is -2.19. The summed E-state index contributed by atoms with van der Waals surface area (Å²) in [5.74, 6) is -1.35. The maximum Gasteiger partial charge on any atom is 0.335 e. The quantitative estimate of drug-likeness (QED) is 0.373. The first-order valence-corrected chi connectivity index (χ1v) is 12.4. The van der Waals surface area contributed by atoms with Gasteiger partial charge < -0.3 is 20.2 Å². The van der Waals surface area contributed by atoms with Gasteiger partial charge in [-0.2, -0.15) is 5.10 Å². The number of nitrogens with one attached hydrogen (secondary N) is 1. The van der Waals surface area contributed by atoms with E-state index in [1.165, 1.54) is 34.4 Å². The molecule has 0 aliphatic carbocycles. The number of anilines is 3. The van der Waals surface area contributed by atoms with E-state index in [1.807, 2.05) is 48.5 Å². The van der Waals surface area contributed by atoms with E-state index < -0.39 is 5.97 Å². The van der Waals surface area contributed by atoms with Gasteiger partial charge in [0.25, 0.3) is 5.91 Å². The standard InChI is InChI=1S/C29H24N6O4/c1-33-24-14-20(29(38)39)7-9-22(24)26(28(33)37)27(18-5-3-2-4-6-18)32-21-8-10-23-19(13-21)11-12-35(23)25(36)15-34-17-30-16-31-34/h2-10,13-14,16-17,32H,11-12,15H2,1H3,(H,38,39). The highest BCUT2D eigenvalue weighted by atomic mass is 16.4. The molecule has 194 valence electrons. The van der Waals surface area contributed by atoms with E-state index in [9.17, 15) is 19.5 Å². The molecule has 2 N–H and O–H groups in total. The minimum absolute atomic E-state index is 0.0658. The highest BCUT2D eigenvalue weighted by molar-refractivity contribution is 6.38. The first-order chi connectivity index (χ1) is 18.9. The van der Waals surface area contributed by atoms with E-state index in [0.29, 0.717) is 35.5 Å². The van der Waals surface area contributed by atoms with E-state index >= 15 is 0 Å². The number of carboxylic acids is 1. The molecule has 2 aliphatic heterocycles. The number of benzene rings is 3. The van der Waals surface area contributed by atoms with E-state index in [4.69, 9.17) is 0 Å². The minimum Gasteiger partial charge on any atom is -0.478 e. The number of rotatable bonds is 6. The van der Waals surface area contributed by atoms with Crippen LogP contribution in [-0.4, -0.2) is 51.2 Å². The highest BCUT2D eigenvalue weighted by Gasteiger charge is 2.34. The van der Waals surface area contributed by atoms with Crippen molar-refractivity contribution in [2.75, 3.05) is 28.7 Å². The summed E-state index contributed by atoms with van der Waals surface area (Å²) in [5, 5.41) is 16.9. The zero-order valence-corrected chi connectivity index (χ0v) is 21.0. The number of nitrogens with zero attached hydrogens (tertiary/aromatic N) is 5. The third-order valence-electron chi connectivity index (χ3n) is 7.02. The third kappa shape index (κ3) is 4.31. The van der Waals surface area contributed by atoms with Gasteiger partial charge >= 0.3 is 5.97 Å². The van der Waals surface area contributed by atoms with Gasteiger partial charge in [-0.3, -0.25) is 9.59 Å².